The van der Waals surface area contributed by atoms with E-state index in [0.29, 0.717) is 0 Å². The molecule has 0 aliphatic carbocycles. The molecule has 1 rings (SSSR count). The van der Waals surface area contributed by atoms with E-state index < -0.39 is 0 Å². The van der Waals surface area contributed by atoms with Gasteiger partial charge in [-0.3, -0.25) is 0 Å². The van der Waals surface area contributed by atoms with Crippen LogP contribution in [0.1, 0.15) is 57.4 Å². The van der Waals surface area contributed by atoms with Gasteiger partial charge in [0.25, 0.3) is 0 Å². The zero-order chi connectivity index (χ0) is 14.6. The minimum atomic E-state index is -0.0304. The highest BCUT2D eigenvalue weighted by Gasteiger charge is 2.08. The fourth-order valence-electron chi connectivity index (χ4n) is 2.33. The van der Waals surface area contributed by atoms with Crippen molar-refractivity contribution in [3.05, 3.63) is 35.9 Å². The smallest absolute Gasteiger partial charge is 0.0837 e. The highest BCUT2D eigenvalue weighted by Crippen LogP contribution is 2.13. The number of benzene rings is 1. The van der Waals surface area contributed by atoms with E-state index in [1.165, 1.54) is 32.1 Å². The number of rotatable bonds is 10. The number of unbranched alkanes of at least 4 members (excludes halogenated alkanes) is 3. The maximum absolute atomic E-state index is 9.21. The molecule has 1 atom stereocenters. The van der Waals surface area contributed by atoms with Crippen molar-refractivity contribution < 1.29 is 0 Å². The van der Waals surface area contributed by atoms with E-state index in [4.69, 9.17) is 0 Å². The first-order chi connectivity index (χ1) is 9.74. The number of nitriles is 1. The summed E-state index contributed by atoms with van der Waals surface area (Å²) in [7, 11) is 0. The van der Waals surface area contributed by atoms with Crippen molar-refractivity contribution in [1.29, 1.82) is 5.26 Å². The first-order valence-electron chi connectivity index (χ1n) is 7.89. The van der Waals surface area contributed by atoms with Crippen LogP contribution in [0.15, 0.2) is 30.3 Å². The minimum absolute atomic E-state index is 0.0304. The molecule has 1 aromatic carbocycles. The van der Waals surface area contributed by atoms with Crippen molar-refractivity contribution in [2.45, 2.75) is 51.9 Å². The molecule has 0 saturated carbocycles. The van der Waals surface area contributed by atoms with Gasteiger partial charge in [-0.05, 0) is 24.4 Å². The molecule has 0 aromatic heterocycles. The lowest BCUT2D eigenvalue weighted by atomic mass is 10.0. The molecule has 2 heteroatoms. The highest BCUT2D eigenvalue weighted by molar-refractivity contribution is 5.24. The summed E-state index contributed by atoms with van der Waals surface area (Å²) in [4.78, 5) is 0. The maximum Gasteiger partial charge on any atom is 0.0837 e. The Morgan fingerprint density at radius 1 is 1.05 bits per heavy atom. The highest BCUT2D eigenvalue weighted by atomic mass is 14.9. The van der Waals surface area contributed by atoms with Gasteiger partial charge in [-0.2, -0.15) is 5.26 Å². The molecular weight excluding hydrogens is 244 g/mol. The molecule has 20 heavy (non-hydrogen) atoms. The van der Waals surface area contributed by atoms with Crippen molar-refractivity contribution in [2.24, 2.45) is 5.92 Å². The van der Waals surface area contributed by atoms with E-state index in [1.54, 1.807) is 0 Å². The topological polar surface area (TPSA) is 35.8 Å². The van der Waals surface area contributed by atoms with Gasteiger partial charge in [-0.15, -0.1) is 0 Å². The molecule has 1 unspecified atom stereocenters. The summed E-state index contributed by atoms with van der Waals surface area (Å²) >= 11 is 0. The molecule has 0 fully saturated rings. The quantitative estimate of drug-likeness (QED) is 0.637. The van der Waals surface area contributed by atoms with Gasteiger partial charge in [0, 0.05) is 6.54 Å². The van der Waals surface area contributed by atoms with Gasteiger partial charge in [0.2, 0.25) is 0 Å². The Kier molecular flexibility index (Phi) is 8.74. The number of nitrogens with one attached hydrogen (secondary N) is 1. The zero-order valence-corrected chi connectivity index (χ0v) is 12.9. The third kappa shape index (κ3) is 7.31. The molecule has 0 aliphatic heterocycles. The van der Waals surface area contributed by atoms with Crippen LogP contribution < -0.4 is 5.32 Å². The first kappa shape index (κ1) is 16.7. The maximum atomic E-state index is 9.21. The van der Waals surface area contributed by atoms with Crippen LogP contribution in [0.25, 0.3) is 0 Å². The van der Waals surface area contributed by atoms with Crippen molar-refractivity contribution in [2.75, 3.05) is 13.1 Å². The predicted molar refractivity (Wildman–Crippen MR) is 85.6 cm³/mol. The Morgan fingerprint density at radius 3 is 2.40 bits per heavy atom. The summed E-state index contributed by atoms with van der Waals surface area (Å²) in [5.41, 5.74) is 1.11. The molecule has 0 amide bonds. The molecular formula is C18H28N2. The number of hydrogen-bond donors (Lipinski definition) is 1. The monoisotopic (exact) mass is 272 g/mol. The average Bonchev–Trinajstić information content (AvgIpc) is 2.46. The second kappa shape index (κ2) is 10.5. The summed E-state index contributed by atoms with van der Waals surface area (Å²) in [6, 6.07) is 12.4. The molecule has 1 aromatic rings. The predicted octanol–water partition coefficient (Wildman–Crippen LogP) is 4.49. The Bertz CT molecular complexity index is 378. The normalized spacial score (nSPS) is 12.3. The summed E-state index contributed by atoms with van der Waals surface area (Å²) in [5.74, 6) is 0.799. The Balaban J connectivity index is 2.07. The SMILES string of the molecule is CC(C)CCCCCCNCC(C#N)c1ccccc1. The lowest BCUT2D eigenvalue weighted by Crippen LogP contribution is -2.22. The van der Waals surface area contributed by atoms with Crippen LogP contribution >= 0.6 is 0 Å². The van der Waals surface area contributed by atoms with E-state index in [-0.39, 0.29) is 5.92 Å². The van der Waals surface area contributed by atoms with E-state index in [1.807, 2.05) is 30.3 Å². The third-order valence-corrected chi connectivity index (χ3v) is 3.59. The van der Waals surface area contributed by atoms with Crippen LogP contribution in [-0.4, -0.2) is 13.1 Å². The number of hydrogen-bond acceptors (Lipinski definition) is 2. The van der Waals surface area contributed by atoms with Gasteiger partial charge in [0.1, 0.15) is 0 Å². The second-order valence-corrected chi connectivity index (χ2v) is 5.89. The van der Waals surface area contributed by atoms with Gasteiger partial charge in [-0.25, -0.2) is 0 Å². The lowest BCUT2D eigenvalue weighted by Gasteiger charge is -2.11. The fraction of sp³-hybridized carbons (Fsp3) is 0.611. The van der Waals surface area contributed by atoms with Crippen LogP contribution in [0.2, 0.25) is 0 Å². The van der Waals surface area contributed by atoms with Crippen LogP contribution in [-0.2, 0) is 0 Å². The van der Waals surface area contributed by atoms with Crippen LogP contribution in [0.3, 0.4) is 0 Å². The molecule has 0 heterocycles. The number of nitrogens with zero attached hydrogens (tertiary/aromatic N) is 1. The first-order valence-corrected chi connectivity index (χ1v) is 7.89. The van der Waals surface area contributed by atoms with Gasteiger partial charge < -0.3 is 5.32 Å². The Hall–Kier alpha value is -1.33. The molecule has 0 bridgehead atoms. The van der Waals surface area contributed by atoms with Crippen LogP contribution in [0, 0.1) is 17.2 Å². The van der Waals surface area contributed by atoms with Gasteiger partial charge in [-0.1, -0.05) is 69.9 Å². The average molecular weight is 272 g/mol. The molecule has 110 valence electrons. The molecule has 0 radical (unpaired) electrons. The minimum Gasteiger partial charge on any atom is -0.315 e. The molecule has 2 nitrogen and oxygen atoms in total. The molecule has 0 aliphatic rings. The Morgan fingerprint density at radius 2 is 1.75 bits per heavy atom. The molecule has 0 saturated heterocycles. The van der Waals surface area contributed by atoms with Crippen LogP contribution in [0.4, 0.5) is 0 Å². The zero-order valence-electron chi connectivity index (χ0n) is 12.9. The van der Waals surface area contributed by atoms with Gasteiger partial charge in [0.15, 0.2) is 0 Å². The van der Waals surface area contributed by atoms with E-state index in [2.05, 4.69) is 25.2 Å². The van der Waals surface area contributed by atoms with E-state index in [9.17, 15) is 5.26 Å². The summed E-state index contributed by atoms with van der Waals surface area (Å²) in [5, 5.41) is 12.6. The fourth-order valence-corrected chi connectivity index (χ4v) is 2.33. The second-order valence-electron chi connectivity index (χ2n) is 5.89. The van der Waals surface area contributed by atoms with Crippen molar-refractivity contribution in [1.82, 2.24) is 5.32 Å². The van der Waals surface area contributed by atoms with Crippen molar-refractivity contribution >= 4 is 0 Å². The van der Waals surface area contributed by atoms with E-state index >= 15 is 0 Å². The largest absolute Gasteiger partial charge is 0.315 e. The third-order valence-electron chi connectivity index (χ3n) is 3.59. The van der Waals surface area contributed by atoms with Crippen LogP contribution in [0.5, 0.6) is 0 Å². The summed E-state index contributed by atoms with van der Waals surface area (Å²) in [6.45, 7) is 6.35. The summed E-state index contributed by atoms with van der Waals surface area (Å²) < 4.78 is 0. The van der Waals surface area contributed by atoms with Gasteiger partial charge in [0.05, 0.1) is 12.0 Å². The van der Waals surface area contributed by atoms with Crippen molar-refractivity contribution in [3.63, 3.8) is 0 Å². The molecule has 1 N–H and O–H groups in total. The van der Waals surface area contributed by atoms with E-state index in [0.717, 1.165) is 24.6 Å². The lowest BCUT2D eigenvalue weighted by molar-refractivity contribution is 0.511. The standard InChI is InChI=1S/C18H28N2/c1-16(2)10-6-3-4-9-13-20-15-18(14-19)17-11-7-5-8-12-17/h5,7-8,11-12,16,18,20H,3-4,6,9-10,13,15H2,1-2H3. The van der Waals surface area contributed by atoms with Crippen molar-refractivity contribution in [3.8, 4) is 6.07 Å². The van der Waals surface area contributed by atoms with Gasteiger partial charge >= 0.3 is 0 Å². The summed E-state index contributed by atoms with van der Waals surface area (Å²) in [6.07, 6.45) is 6.54. The Labute approximate surface area is 124 Å². The molecule has 0 spiro atoms.